The summed E-state index contributed by atoms with van der Waals surface area (Å²) >= 11 is 0. The standard InChI is InChI=1S/C9H18N2O/c1-4-6-7-8-11(3)9(12)10-5-2/h4H,1,5-8H2,2-3H3,(H,10,12). The van der Waals surface area contributed by atoms with E-state index < -0.39 is 0 Å². The first-order chi connectivity index (χ1) is 5.72. The fraction of sp³-hybridized carbons (Fsp3) is 0.667. The molecule has 0 aromatic rings. The molecule has 70 valence electrons. The van der Waals surface area contributed by atoms with Crippen LogP contribution in [0.1, 0.15) is 19.8 Å². The van der Waals surface area contributed by atoms with Gasteiger partial charge in [0.15, 0.2) is 0 Å². The molecular formula is C9H18N2O. The van der Waals surface area contributed by atoms with Crippen molar-refractivity contribution in [3.8, 4) is 0 Å². The predicted molar refractivity (Wildman–Crippen MR) is 51.1 cm³/mol. The molecule has 2 amide bonds. The van der Waals surface area contributed by atoms with Crippen molar-refractivity contribution in [2.24, 2.45) is 0 Å². The molecule has 0 aromatic carbocycles. The molecule has 3 heteroatoms. The zero-order valence-corrected chi connectivity index (χ0v) is 7.97. The number of hydrogen-bond donors (Lipinski definition) is 1. The Morgan fingerprint density at radius 2 is 2.33 bits per heavy atom. The topological polar surface area (TPSA) is 32.3 Å². The molecule has 0 saturated carbocycles. The number of unbranched alkanes of at least 4 members (excludes halogenated alkanes) is 1. The largest absolute Gasteiger partial charge is 0.338 e. The monoisotopic (exact) mass is 170 g/mol. The van der Waals surface area contributed by atoms with Gasteiger partial charge in [-0.1, -0.05) is 6.08 Å². The van der Waals surface area contributed by atoms with E-state index >= 15 is 0 Å². The van der Waals surface area contributed by atoms with Gasteiger partial charge in [-0.25, -0.2) is 4.79 Å². The molecule has 0 rings (SSSR count). The smallest absolute Gasteiger partial charge is 0.317 e. The van der Waals surface area contributed by atoms with E-state index in [1.54, 1.807) is 11.9 Å². The number of hydrogen-bond acceptors (Lipinski definition) is 1. The van der Waals surface area contributed by atoms with Gasteiger partial charge in [0.05, 0.1) is 0 Å². The Morgan fingerprint density at radius 3 is 2.83 bits per heavy atom. The van der Waals surface area contributed by atoms with Gasteiger partial charge in [-0.05, 0) is 19.8 Å². The Labute approximate surface area is 74.4 Å². The van der Waals surface area contributed by atoms with E-state index in [2.05, 4.69) is 11.9 Å². The summed E-state index contributed by atoms with van der Waals surface area (Å²) in [6.45, 7) is 7.01. The lowest BCUT2D eigenvalue weighted by Crippen LogP contribution is -2.37. The number of urea groups is 1. The number of rotatable bonds is 5. The highest BCUT2D eigenvalue weighted by Gasteiger charge is 2.04. The average Bonchev–Trinajstić information content (AvgIpc) is 2.05. The van der Waals surface area contributed by atoms with Crippen LogP contribution in [-0.2, 0) is 0 Å². The van der Waals surface area contributed by atoms with E-state index in [9.17, 15) is 4.79 Å². The van der Waals surface area contributed by atoms with Crippen LogP contribution in [0.25, 0.3) is 0 Å². The van der Waals surface area contributed by atoms with Crippen LogP contribution in [0.4, 0.5) is 4.79 Å². The normalized spacial score (nSPS) is 9.17. The van der Waals surface area contributed by atoms with Crippen molar-refractivity contribution in [2.75, 3.05) is 20.1 Å². The maximum Gasteiger partial charge on any atom is 0.317 e. The van der Waals surface area contributed by atoms with Gasteiger partial charge >= 0.3 is 6.03 Å². The minimum Gasteiger partial charge on any atom is -0.338 e. The van der Waals surface area contributed by atoms with Crippen LogP contribution in [0, 0.1) is 0 Å². The molecule has 0 radical (unpaired) electrons. The molecule has 0 aliphatic rings. The van der Waals surface area contributed by atoms with Gasteiger partial charge in [-0.15, -0.1) is 6.58 Å². The highest BCUT2D eigenvalue weighted by molar-refractivity contribution is 5.73. The predicted octanol–water partition coefficient (Wildman–Crippen LogP) is 1.61. The highest BCUT2D eigenvalue weighted by atomic mass is 16.2. The maximum atomic E-state index is 11.1. The second-order valence-corrected chi connectivity index (χ2v) is 2.69. The minimum absolute atomic E-state index is 0.00145. The molecule has 0 unspecified atom stereocenters. The molecule has 12 heavy (non-hydrogen) atoms. The van der Waals surface area contributed by atoms with Crippen molar-refractivity contribution < 1.29 is 4.79 Å². The fourth-order valence-electron chi connectivity index (χ4n) is 0.861. The van der Waals surface area contributed by atoms with E-state index in [0.29, 0.717) is 6.54 Å². The second kappa shape index (κ2) is 6.70. The van der Waals surface area contributed by atoms with Crippen LogP contribution < -0.4 is 5.32 Å². The average molecular weight is 170 g/mol. The Hall–Kier alpha value is -0.990. The van der Waals surface area contributed by atoms with Crippen LogP contribution in [-0.4, -0.2) is 31.1 Å². The number of nitrogens with zero attached hydrogens (tertiary/aromatic N) is 1. The van der Waals surface area contributed by atoms with Crippen molar-refractivity contribution in [2.45, 2.75) is 19.8 Å². The van der Waals surface area contributed by atoms with E-state index in [1.807, 2.05) is 13.0 Å². The van der Waals surface area contributed by atoms with Gasteiger partial charge in [0.1, 0.15) is 0 Å². The van der Waals surface area contributed by atoms with Crippen LogP contribution >= 0.6 is 0 Å². The van der Waals surface area contributed by atoms with E-state index in [-0.39, 0.29) is 6.03 Å². The van der Waals surface area contributed by atoms with Crippen LogP contribution in [0.15, 0.2) is 12.7 Å². The molecule has 0 bridgehead atoms. The van der Waals surface area contributed by atoms with Crippen molar-refractivity contribution in [1.29, 1.82) is 0 Å². The quantitative estimate of drug-likeness (QED) is 0.493. The summed E-state index contributed by atoms with van der Waals surface area (Å²) in [5.41, 5.74) is 0. The summed E-state index contributed by atoms with van der Waals surface area (Å²) in [5.74, 6) is 0. The molecule has 3 nitrogen and oxygen atoms in total. The highest BCUT2D eigenvalue weighted by Crippen LogP contribution is 1.93. The molecule has 0 aliphatic carbocycles. The lowest BCUT2D eigenvalue weighted by atomic mass is 10.3. The third-order valence-electron chi connectivity index (χ3n) is 1.58. The number of allylic oxidation sites excluding steroid dienone is 1. The Bertz CT molecular complexity index is 145. The van der Waals surface area contributed by atoms with Crippen LogP contribution in [0.3, 0.4) is 0 Å². The number of nitrogens with one attached hydrogen (secondary N) is 1. The second-order valence-electron chi connectivity index (χ2n) is 2.69. The van der Waals surface area contributed by atoms with Crippen molar-refractivity contribution in [1.82, 2.24) is 10.2 Å². The summed E-state index contributed by atoms with van der Waals surface area (Å²) < 4.78 is 0. The van der Waals surface area contributed by atoms with E-state index in [1.165, 1.54) is 0 Å². The van der Waals surface area contributed by atoms with Gasteiger partial charge in [0.25, 0.3) is 0 Å². The first-order valence-corrected chi connectivity index (χ1v) is 4.32. The minimum atomic E-state index is 0.00145. The molecule has 0 atom stereocenters. The van der Waals surface area contributed by atoms with E-state index in [4.69, 9.17) is 0 Å². The molecule has 1 N–H and O–H groups in total. The molecule has 0 aromatic heterocycles. The lowest BCUT2D eigenvalue weighted by Gasteiger charge is -2.16. The third-order valence-corrected chi connectivity index (χ3v) is 1.58. The first-order valence-electron chi connectivity index (χ1n) is 4.32. The molecule has 0 heterocycles. The number of amides is 2. The van der Waals surface area contributed by atoms with Gasteiger partial charge in [0, 0.05) is 20.1 Å². The summed E-state index contributed by atoms with van der Waals surface area (Å²) in [5, 5.41) is 2.73. The number of carbonyl (C=O) groups is 1. The van der Waals surface area contributed by atoms with Gasteiger partial charge in [-0.2, -0.15) is 0 Å². The SMILES string of the molecule is C=CCCCN(C)C(=O)NCC. The molecule has 0 spiro atoms. The zero-order valence-electron chi connectivity index (χ0n) is 7.97. The summed E-state index contributed by atoms with van der Waals surface area (Å²) in [4.78, 5) is 12.8. The molecule has 0 fully saturated rings. The Morgan fingerprint density at radius 1 is 1.67 bits per heavy atom. The van der Waals surface area contributed by atoms with Crippen LogP contribution in [0.5, 0.6) is 0 Å². The lowest BCUT2D eigenvalue weighted by molar-refractivity contribution is 0.209. The van der Waals surface area contributed by atoms with Gasteiger partial charge in [0.2, 0.25) is 0 Å². The zero-order chi connectivity index (χ0) is 9.40. The fourth-order valence-corrected chi connectivity index (χ4v) is 0.861. The maximum absolute atomic E-state index is 11.1. The van der Waals surface area contributed by atoms with Crippen molar-refractivity contribution in [3.05, 3.63) is 12.7 Å². The third kappa shape index (κ3) is 4.77. The summed E-state index contributed by atoms with van der Waals surface area (Å²) in [7, 11) is 1.80. The number of carbonyl (C=O) groups excluding carboxylic acids is 1. The molecular weight excluding hydrogens is 152 g/mol. The summed E-state index contributed by atoms with van der Waals surface area (Å²) in [6, 6.07) is 0.00145. The summed E-state index contributed by atoms with van der Waals surface area (Å²) in [6.07, 6.45) is 3.81. The van der Waals surface area contributed by atoms with Crippen molar-refractivity contribution in [3.63, 3.8) is 0 Å². The van der Waals surface area contributed by atoms with Gasteiger partial charge in [-0.3, -0.25) is 0 Å². The molecule has 0 saturated heterocycles. The first kappa shape index (κ1) is 11.0. The van der Waals surface area contributed by atoms with Crippen LogP contribution in [0.2, 0.25) is 0 Å². The Balaban J connectivity index is 3.49. The Kier molecular flexibility index (Phi) is 6.15. The van der Waals surface area contributed by atoms with E-state index in [0.717, 1.165) is 19.4 Å². The van der Waals surface area contributed by atoms with Gasteiger partial charge < -0.3 is 10.2 Å². The van der Waals surface area contributed by atoms with Crippen molar-refractivity contribution >= 4 is 6.03 Å². The molecule has 0 aliphatic heterocycles.